The van der Waals surface area contributed by atoms with Crippen LogP contribution in [0.25, 0.3) is 0 Å². The first kappa shape index (κ1) is 36.3. The second-order valence-corrected chi connectivity index (χ2v) is 13.9. The average molecular weight is 631 g/mol. The Morgan fingerprint density at radius 2 is 0.660 bits per heavy atom. The van der Waals surface area contributed by atoms with Crippen LogP contribution in [0.3, 0.4) is 0 Å². The molecule has 0 spiro atoms. The smallest absolute Gasteiger partial charge is 0.0314 e. The first-order valence-electron chi connectivity index (χ1n) is 18.9. The second kappa shape index (κ2) is 20.7. The molecule has 0 aliphatic rings. The van der Waals surface area contributed by atoms with Crippen molar-refractivity contribution in [2.24, 2.45) is 0 Å². The van der Waals surface area contributed by atoms with Gasteiger partial charge < -0.3 is 11.5 Å². The lowest BCUT2D eigenvalue weighted by Gasteiger charge is -2.12. The van der Waals surface area contributed by atoms with Gasteiger partial charge in [0.15, 0.2) is 0 Å². The second-order valence-electron chi connectivity index (χ2n) is 13.9. The molecule has 0 unspecified atom stereocenters. The van der Waals surface area contributed by atoms with E-state index in [-0.39, 0.29) is 0 Å². The minimum Gasteiger partial charge on any atom is -0.399 e. The van der Waals surface area contributed by atoms with Crippen molar-refractivity contribution in [3.05, 3.63) is 129 Å². The zero-order valence-corrected chi connectivity index (χ0v) is 29.7. The number of nitrogens with two attached hydrogens (primary N) is 2. The van der Waals surface area contributed by atoms with Gasteiger partial charge in [0.25, 0.3) is 0 Å². The molecule has 0 atom stereocenters. The van der Waals surface area contributed by atoms with Gasteiger partial charge in [-0.05, 0) is 120 Å². The van der Waals surface area contributed by atoms with Gasteiger partial charge in [0.1, 0.15) is 0 Å². The molecular formula is C45H62N2. The average Bonchev–Trinajstić information content (AvgIpc) is 3.07. The molecule has 252 valence electrons. The minimum absolute atomic E-state index is 0.836. The molecule has 4 rings (SSSR count). The van der Waals surface area contributed by atoms with Crippen LogP contribution >= 0.6 is 0 Å². The number of aryl methyl sites for hydroxylation is 4. The Bertz CT molecular complexity index is 1320. The van der Waals surface area contributed by atoms with Crippen LogP contribution in [0.4, 0.5) is 11.4 Å². The molecule has 0 heterocycles. The Hall–Kier alpha value is -3.52. The highest BCUT2D eigenvalue weighted by Gasteiger charge is 2.07. The van der Waals surface area contributed by atoms with E-state index in [1.807, 2.05) is 24.3 Å². The van der Waals surface area contributed by atoms with E-state index in [0.717, 1.165) is 24.2 Å². The summed E-state index contributed by atoms with van der Waals surface area (Å²) in [5, 5.41) is 0. The van der Waals surface area contributed by atoms with E-state index in [4.69, 9.17) is 11.5 Å². The summed E-state index contributed by atoms with van der Waals surface area (Å²) in [6.07, 6.45) is 24.4. The highest BCUT2D eigenvalue weighted by molar-refractivity contribution is 5.43. The van der Waals surface area contributed by atoms with Crippen molar-refractivity contribution in [1.82, 2.24) is 0 Å². The Balaban J connectivity index is 1.04. The van der Waals surface area contributed by atoms with E-state index in [0.29, 0.717) is 0 Å². The summed E-state index contributed by atoms with van der Waals surface area (Å²) in [5.41, 5.74) is 25.2. The first-order chi connectivity index (χ1) is 23.0. The lowest BCUT2D eigenvalue weighted by molar-refractivity contribution is 0.545. The van der Waals surface area contributed by atoms with Crippen LogP contribution in [0.15, 0.2) is 84.9 Å². The van der Waals surface area contributed by atoms with Crippen molar-refractivity contribution in [2.75, 3.05) is 11.5 Å². The Morgan fingerprint density at radius 1 is 0.340 bits per heavy atom. The van der Waals surface area contributed by atoms with Gasteiger partial charge in [-0.15, -0.1) is 0 Å². The SMILES string of the molecule is CCCc1cc(Cc2ccc(N)cc2)ccc1CCCCCCCCCCCCCc1ccc(Cc2ccc(N)cc2)cc1CCC. The number of rotatable bonds is 22. The van der Waals surface area contributed by atoms with E-state index in [2.05, 4.69) is 74.5 Å². The summed E-state index contributed by atoms with van der Waals surface area (Å²) >= 11 is 0. The van der Waals surface area contributed by atoms with Crippen LogP contribution in [0, 0.1) is 0 Å². The largest absolute Gasteiger partial charge is 0.399 e. The van der Waals surface area contributed by atoms with Gasteiger partial charge in [-0.2, -0.15) is 0 Å². The molecule has 0 amide bonds. The van der Waals surface area contributed by atoms with Crippen molar-refractivity contribution >= 4 is 11.4 Å². The fourth-order valence-corrected chi connectivity index (χ4v) is 7.03. The predicted octanol–water partition coefficient (Wildman–Crippen LogP) is 12.0. The van der Waals surface area contributed by atoms with Gasteiger partial charge in [-0.1, -0.05) is 145 Å². The molecule has 47 heavy (non-hydrogen) atoms. The van der Waals surface area contributed by atoms with Crippen molar-refractivity contribution in [3.8, 4) is 0 Å². The highest BCUT2D eigenvalue weighted by atomic mass is 14.5. The van der Waals surface area contributed by atoms with Crippen LogP contribution in [-0.4, -0.2) is 0 Å². The van der Waals surface area contributed by atoms with Crippen molar-refractivity contribution in [2.45, 2.75) is 136 Å². The molecule has 0 fully saturated rings. The van der Waals surface area contributed by atoms with E-state index in [9.17, 15) is 0 Å². The Morgan fingerprint density at radius 3 is 1.00 bits per heavy atom. The number of benzene rings is 4. The summed E-state index contributed by atoms with van der Waals surface area (Å²) in [7, 11) is 0. The molecule has 2 nitrogen and oxygen atoms in total. The molecule has 2 heteroatoms. The van der Waals surface area contributed by atoms with E-state index < -0.39 is 0 Å². The van der Waals surface area contributed by atoms with Crippen LogP contribution in [0.5, 0.6) is 0 Å². The van der Waals surface area contributed by atoms with Gasteiger partial charge in [0, 0.05) is 11.4 Å². The van der Waals surface area contributed by atoms with Crippen molar-refractivity contribution < 1.29 is 0 Å². The zero-order chi connectivity index (χ0) is 33.1. The summed E-state index contributed by atoms with van der Waals surface area (Å²) in [5.74, 6) is 0. The molecule has 0 saturated carbocycles. The lowest BCUT2D eigenvalue weighted by atomic mass is 9.93. The number of hydrogen-bond acceptors (Lipinski definition) is 2. The van der Waals surface area contributed by atoms with E-state index in [1.165, 1.54) is 131 Å². The van der Waals surface area contributed by atoms with Crippen molar-refractivity contribution in [3.63, 3.8) is 0 Å². The van der Waals surface area contributed by atoms with Crippen molar-refractivity contribution in [1.29, 1.82) is 0 Å². The van der Waals surface area contributed by atoms with Crippen LogP contribution < -0.4 is 11.5 Å². The van der Waals surface area contributed by atoms with Gasteiger partial charge in [0.05, 0.1) is 0 Å². The Labute approximate surface area is 287 Å². The predicted molar refractivity (Wildman–Crippen MR) is 206 cm³/mol. The molecular weight excluding hydrogens is 569 g/mol. The summed E-state index contributed by atoms with van der Waals surface area (Å²) in [6.45, 7) is 4.59. The molecule has 0 aromatic heterocycles. The highest BCUT2D eigenvalue weighted by Crippen LogP contribution is 2.22. The normalized spacial score (nSPS) is 11.3. The standard InChI is InChI=1S/C45H62N2/c1-3-16-42-34-38(32-36-22-28-44(46)29-23-36)20-26-40(42)18-14-12-10-8-6-5-7-9-11-13-15-19-41-27-21-39(35-43(41)17-4-2)33-37-24-30-45(47)31-25-37/h20-31,34-35H,3-19,32-33,46-47H2,1-2H3. The molecule has 0 aliphatic carbocycles. The van der Waals surface area contributed by atoms with Gasteiger partial charge in [-0.25, -0.2) is 0 Å². The van der Waals surface area contributed by atoms with E-state index >= 15 is 0 Å². The Kier molecular flexibility index (Phi) is 16.0. The summed E-state index contributed by atoms with van der Waals surface area (Å²) in [6, 6.07) is 31.0. The molecule has 4 aromatic carbocycles. The fraction of sp³-hybridized carbons (Fsp3) is 0.467. The number of nitrogen functional groups attached to an aromatic ring is 2. The quantitative estimate of drug-likeness (QED) is 0.0670. The first-order valence-corrected chi connectivity index (χ1v) is 18.9. The monoisotopic (exact) mass is 630 g/mol. The number of anilines is 2. The van der Waals surface area contributed by atoms with Gasteiger partial charge >= 0.3 is 0 Å². The molecule has 0 saturated heterocycles. The molecule has 0 bridgehead atoms. The molecule has 0 aliphatic heterocycles. The summed E-state index contributed by atoms with van der Waals surface area (Å²) in [4.78, 5) is 0. The van der Waals surface area contributed by atoms with E-state index in [1.54, 1.807) is 22.3 Å². The maximum Gasteiger partial charge on any atom is 0.0314 e. The molecule has 4 N–H and O–H groups in total. The molecule has 4 aromatic rings. The topological polar surface area (TPSA) is 52.0 Å². The lowest BCUT2D eigenvalue weighted by Crippen LogP contribution is -1.98. The van der Waals surface area contributed by atoms with Crippen LogP contribution in [0.2, 0.25) is 0 Å². The number of hydrogen-bond donors (Lipinski definition) is 2. The van der Waals surface area contributed by atoms with Crippen LogP contribution in [-0.2, 0) is 38.5 Å². The van der Waals surface area contributed by atoms with Gasteiger partial charge in [-0.3, -0.25) is 0 Å². The summed E-state index contributed by atoms with van der Waals surface area (Å²) < 4.78 is 0. The number of unbranched alkanes of at least 4 members (excludes halogenated alkanes) is 10. The fourth-order valence-electron chi connectivity index (χ4n) is 7.03. The molecule has 0 radical (unpaired) electrons. The third-order valence-electron chi connectivity index (χ3n) is 9.75. The zero-order valence-electron chi connectivity index (χ0n) is 29.7. The van der Waals surface area contributed by atoms with Crippen LogP contribution in [0.1, 0.15) is 142 Å². The third-order valence-corrected chi connectivity index (χ3v) is 9.75. The third kappa shape index (κ3) is 13.3. The minimum atomic E-state index is 0.836. The maximum absolute atomic E-state index is 5.87. The maximum atomic E-state index is 5.87. The van der Waals surface area contributed by atoms with Gasteiger partial charge in [0.2, 0.25) is 0 Å².